The molecule has 0 aliphatic rings. The number of rotatable bonds is 8. The van der Waals surface area contributed by atoms with E-state index in [1.807, 2.05) is 6.92 Å². The molecule has 0 spiro atoms. The van der Waals surface area contributed by atoms with Crippen molar-refractivity contribution in [3.05, 3.63) is 0 Å². The lowest BCUT2D eigenvalue weighted by molar-refractivity contribution is -0.137. The van der Waals surface area contributed by atoms with Crippen molar-refractivity contribution in [3.8, 4) is 0 Å². The monoisotopic (exact) mass is 278 g/mol. The Balaban J connectivity index is 3.70. The second kappa shape index (κ2) is 8.91. The van der Waals surface area contributed by atoms with Crippen LogP contribution in [-0.4, -0.2) is 45.9 Å². The Bertz CT molecular complexity index is 309. The standard InChI is InChI=1S/C11H22N2O4S/c1-8(4-5-10(14)15)6-12-11(16)13-7-9(2)18(3)17/h8-9H,4-7H2,1-3H3,(H,14,15)(H2,12,13,16). The van der Waals surface area contributed by atoms with E-state index in [0.29, 0.717) is 19.5 Å². The minimum atomic E-state index is -0.956. The van der Waals surface area contributed by atoms with Crippen LogP contribution < -0.4 is 10.6 Å². The Kier molecular flexibility index (Phi) is 8.36. The number of carboxylic acids is 1. The quantitative estimate of drug-likeness (QED) is 0.604. The topological polar surface area (TPSA) is 95.5 Å². The molecule has 0 rings (SSSR count). The van der Waals surface area contributed by atoms with E-state index in [0.717, 1.165) is 0 Å². The van der Waals surface area contributed by atoms with Gasteiger partial charge in [-0.25, -0.2) is 4.79 Å². The van der Waals surface area contributed by atoms with E-state index in [9.17, 15) is 13.8 Å². The normalized spacial score (nSPS) is 15.5. The van der Waals surface area contributed by atoms with Crippen LogP contribution in [0.25, 0.3) is 0 Å². The summed E-state index contributed by atoms with van der Waals surface area (Å²) in [7, 11) is -0.956. The number of hydrogen-bond acceptors (Lipinski definition) is 3. The fraction of sp³-hybridized carbons (Fsp3) is 0.818. The molecule has 0 radical (unpaired) electrons. The SMILES string of the molecule is CC(CCC(=O)O)CNC(=O)NCC(C)S(C)=O. The highest BCUT2D eigenvalue weighted by Gasteiger charge is 2.10. The van der Waals surface area contributed by atoms with Crippen molar-refractivity contribution in [3.63, 3.8) is 0 Å². The number of carbonyl (C=O) groups excluding carboxylic acids is 1. The largest absolute Gasteiger partial charge is 0.481 e. The maximum atomic E-state index is 11.4. The molecular formula is C11H22N2O4S. The molecule has 2 amide bonds. The molecule has 0 saturated carbocycles. The van der Waals surface area contributed by atoms with E-state index in [-0.39, 0.29) is 23.6 Å². The lowest BCUT2D eigenvalue weighted by atomic mass is 10.1. The van der Waals surface area contributed by atoms with Gasteiger partial charge in [0.25, 0.3) is 0 Å². The van der Waals surface area contributed by atoms with Crippen LogP contribution in [0, 0.1) is 5.92 Å². The summed E-state index contributed by atoms with van der Waals surface area (Å²) >= 11 is 0. The van der Waals surface area contributed by atoms with Crippen molar-refractivity contribution in [2.24, 2.45) is 5.92 Å². The molecule has 0 fully saturated rings. The Morgan fingerprint density at radius 2 is 1.78 bits per heavy atom. The fourth-order valence-electron chi connectivity index (χ4n) is 1.16. The smallest absolute Gasteiger partial charge is 0.314 e. The molecule has 0 aliphatic carbocycles. The zero-order chi connectivity index (χ0) is 14.1. The van der Waals surface area contributed by atoms with E-state index in [2.05, 4.69) is 10.6 Å². The van der Waals surface area contributed by atoms with Gasteiger partial charge in [0.2, 0.25) is 0 Å². The Hall–Kier alpha value is -1.11. The summed E-state index contributed by atoms with van der Waals surface area (Å²) in [4.78, 5) is 21.7. The lowest BCUT2D eigenvalue weighted by Gasteiger charge is -2.14. The van der Waals surface area contributed by atoms with Crippen LogP contribution in [0.5, 0.6) is 0 Å². The Morgan fingerprint density at radius 1 is 1.22 bits per heavy atom. The number of urea groups is 1. The predicted molar refractivity (Wildman–Crippen MR) is 71.0 cm³/mol. The molecule has 6 nitrogen and oxygen atoms in total. The average molecular weight is 278 g/mol. The molecule has 0 aromatic rings. The Labute approximate surface area is 110 Å². The number of carboxylic acid groups (broad SMARTS) is 1. The number of aliphatic carboxylic acids is 1. The van der Waals surface area contributed by atoms with Crippen molar-refractivity contribution >= 4 is 22.8 Å². The van der Waals surface area contributed by atoms with Gasteiger partial charge in [-0.15, -0.1) is 0 Å². The summed E-state index contributed by atoms with van der Waals surface area (Å²) in [6.07, 6.45) is 2.24. The first-order chi connectivity index (χ1) is 8.32. The third-order valence-corrected chi connectivity index (χ3v) is 3.88. The van der Waals surface area contributed by atoms with Crippen LogP contribution in [0.1, 0.15) is 26.7 Å². The van der Waals surface area contributed by atoms with E-state index < -0.39 is 16.8 Å². The highest BCUT2D eigenvalue weighted by Crippen LogP contribution is 2.03. The predicted octanol–water partition coefficient (Wildman–Crippen LogP) is 0.554. The van der Waals surface area contributed by atoms with Crippen LogP contribution in [0.4, 0.5) is 4.79 Å². The van der Waals surface area contributed by atoms with Crippen molar-refractivity contribution in [2.75, 3.05) is 19.3 Å². The summed E-state index contributed by atoms with van der Waals surface area (Å²) in [5.74, 6) is -0.713. The number of amides is 2. The highest BCUT2D eigenvalue weighted by atomic mass is 32.2. The fourth-order valence-corrected chi connectivity index (χ4v) is 1.47. The lowest BCUT2D eigenvalue weighted by Crippen LogP contribution is -2.41. The maximum Gasteiger partial charge on any atom is 0.314 e. The van der Waals surface area contributed by atoms with Crippen molar-refractivity contribution in [1.29, 1.82) is 0 Å². The molecular weight excluding hydrogens is 256 g/mol. The minimum Gasteiger partial charge on any atom is -0.481 e. The van der Waals surface area contributed by atoms with Gasteiger partial charge in [-0.3, -0.25) is 9.00 Å². The van der Waals surface area contributed by atoms with Crippen LogP contribution >= 0.6 is 0 Å². The second-order valence-corrected chi connectivity index (χ2v) is 6.24. The summed E-state index contributed by atoms with van der Waals surface area (Å²) in [6, 6.07) is -0.311. The first-order valence-electron chi connectivity index (χ1n) is 5.88. The van der Waals surface area contributed by atoms with Crippen LogP contribution in [0.3, 0.4) is 0 Å². The minimum absolute atomic E-state index is 0.0832. The molecule has 0 bridgehead atoms. The Morgan fingerprint density at radius 3 is 2.28 bits per heavy atom. The number of hydrogen-bond donors (Lipinski definition) is 3. The van der Waals surface area contributed by atoms with E-state index in [1.165, 1.54) is 0 Å². The molecule has 3 N–H and O–H groups in total. The van der Waals surface area contributed by atoms with Crippen molar-refractivity contribution < 1.29 is 18.9 Å². The summed E-state index contributed by atoms with van der Waals surface area (Å²) < 4.78 is 11.1. The summed E-state index contributed by atoms with van der Waals surface area (Å²) in [6.45, 7) is 4.47. The molecule has 0 saturated heterocycles. The number of nitrogens with one attached hydrogen (secondary N) is 2. The van der Waals surface area contributed by atoms with Crippen LogP contribution in [-0.2, 0) is 15.6 Å². The van der Waals surface area contributed by atoms with Gasteiger partial charge in [-0.1, -0.05) is 6.92 Å². The van der Waals surface area contributed by atoms with Crippen LogP contribution in [0.2, 0.25) is 0 Å². The molecule has 106 valence electrons. The molecule has 0 heterocycles. The first kappa shape index (κ1) is 16.9. The van der Waals surface area contributed by atoms with E-state index in [4.69, 9.17) is 5.11 Å². The average Bonchev–Trinajstić information content (AvgIpc) is 2.30. The molecule has 0 aromatic carbocycles. The molecule has 18 heavy (non-hydrogen) atoms. The van der Waals surface area contributed by atoms with Gasteiger partial charge in [0.15, 0.2) is 0 Å². The first-order valence-corrected chi connectivity index (χ1v) is 7.50. The molecule has 3 unspecified atom stereocenters. The van der Waals surface area contributed by atoms with Gasteiger partial charge in [0.1, 0.15) is 0 Å². The second-order valence-electron chi connectivity index (χ2n) is 4.44. The zero-order valence-corrected chi connectivity index (χ0v) is 11.9. The van der Waals surface area contributed by atoms with E-state index in [1.54, 1.807) is 13.2 Å². The summed E-state index contributed by atoms with van der Waals surface area (Å²) in [5.41, 5.74) is 0. The molecule has 0 aliphatic heterocycles. The number of carbonyl (C=O) groups is 2. The van der Waals surface area contributed by atoms with E-state index >= 15 is 0 Å². The third-order valence-electron chi connectivity index (χ3n) is 2.58. The third kappa shape index (κ3) is 8.98. The molecule has 7 heteroatoms. The van der Waals surface area contributed by atoms with Gasteiger partial charge in [-0.2, -0.15) is 0 Å². The van der Waals surface area contributed by atoms with Crippen molar-refractivity contribution in [2.45, 2.75) is 31.9 Å². The highest BCUT2D eigenvalue weighted by molar-refractivity contribution is 7.84. The maximum absolute atomic E-state index is 11.4. The zero-order valence-electron chi connectivity index (χ0n) is 11.1. The van der Waals surface area contributed by atoms with Crippen LogP contribution in [0.15, 0.2) is 0 Å². The van der Waals surface area contributed by atoms with Gasteiger partial charge in [0, 0.05) is 41.8 Å². The van der Waals surface area contributed by atoms with Gasteiger partial charge < -0.3 is 15.7 Å². The summed E-state index contributed by atoms with van der Waals surface area (Å²) in [5, 5.41) is 13.7. The molecule has 0 aromatic heterocycles. The van der Waals surface area contributed by atoms with Gasteiger partial charge in [-0.05, 0) is 19.3 Å². The van der Waals surface area contributed by atoms with Crippen molar-refractivity contribution in [1.82, 2.24) is 10.6 Å². The molecule has 3 atom stereocenters. The van der Waals surface area contributed by atoms with Gasteiger partial charge >= 0.3 is 12.0 Å². The van der Waals surface area contributed by atoms with Gasteiger partial charge in [0.05, 0.1) is 0 Å².